The number of anilines is 1. The van der Waals surface area contributed by atoms with Gasteiger partial charge in [-0.25, -0.2) is 0 Å². The summed E-state index contributed by atoms with van der Waals surface area (Å²) in [6.45, 7) is 0.535. The van der Waals surface area contributed by atoms with Crippen molar-refractivity contribution in [3.8, 4) is 11.5 Å². The minimum absolute atomic E-state index is 0.227. The third kappa shape index (κ3) is 4.80. The van der Waals surface area contributed by atoms with Gasteiger partial charge in [0.1, 0.15) is 11.5 Å². The highest BCUT2D eigenvalue weighted by atomic mass is 16.5. The van der Waals surface area contributed by atoms with Crippen LogP contribution in [0.1, 0.15) is 16.8 Å². The minimum atomic E-state index is -0.618. The Labute approximate surface area is 124 Å². The molecule has 0 aliphatic heterocycles. The Balaban J connectivity index is 2.73. The first-order valence-corrected chi connectivity index (χ1v) is 6.50. The Bertz CT molecular complexity index is 479. The van der Waals surface area contributed by atoms with Crippen molar-refractivity contribution in [1.29, 1.82) is 0 Å². The largest absolute Gasteiger partial charge is 0.497 e. The molecule has 0 bridgehead atoms. The molecule has 0 aliphatic rings. The van der Waals surface area contributed by atoms with E-state index in [-0.39, 0.29) is 23.8 Å². The summed E-state index contributed by atoms with van der Waals surface area (Å²) in [6.07, 6.45) is -0.229. The highest BCUT2D eigenvalue weighted by molar-refractivity contribution is 6.00. The first-order valence-electron chi connectivity index (χ1n) is 6.50. The average molecular weight is 298 g/mol. The van der Waals surface area contributed by atoms with Gasteiger partial charge in [0.15, 0.2) is 0 Å². The van der Waals surface area contributed by atoms with Crippen LogP contribution in [0.5, 0.6) is 11.5 Å². The van der Waals surface area contributed by atoms with E-state index in [0.717, 1.165) is 0 Å². The highest BCUT2D eigenvalue weighted by Gasteiger charge is 2.16. The number of benzene rings is 1. The monoisotopic (exact) mass is 298 g/mol. The van der Waals surface area contributed by atoms with Gasteiger partial charge in [-0.05, 0) is 12.5 Å². The number of methoxy groups -OCH3 is 3. The molecule has 1 aromatic carbocycles. The number of carbonyl (C=O) groups excluding carboxylic acids is 1. The topological polar surface area (TPSA) is 103 Å². The second kappa shape index (κ2) is 8.33. The zero-order chi connectivity index (χ0) is 15.8. The van der Waals surface area contributed by atoms with Crippen molar-refractivity contribution >= 4 is 11.6 Å². The van der Waals surface area contributed by atoms with Gasteiger partial charge in [0.25, 0.3) is 5.91 Å². The number of carbonyl (C=O) groups is 1. The summed E-state index contributed by atoms with van der Waals surface area (Å²) in [5.41, 5.74) is 6.40. The van der Waals surface area contributed by atoms with Gasteiger partial charge in [-0.3, -0.25) is 4.79 Å². The van der Waals surface area contributed by atoms with Gasteiger partial charge >= 0.3 is 0 Å². The van der Waals surface area contributed by atoms with E-state index in [4.69, 9.17) is 19.9 Å². The van der Waals surface area contributed by atoms with Crippen LogP contribution in [0, 0.1) is 0 Å². The molecule has 1 amide bonds. The van der Waals surface area contributed by atoms with Crippen LogP contribution in [0.15, 0.2) is 12.1 Å². The van der Waals surface area contributed by atoms with E-state index < -0.39 is 6.10 Å². The van der Waals surface area contributed by atoms with Crippen LogP contribution in [0.4, 0.5) is 5.69 Å². The maximum Gasteiger partial charge on any atom is 0.253 e. The predicted octanol–water partition coefficient (Wildman–Crippen LogP) is 0.413. The fraction of sp³-hybridized carbons (Fsp3) is 0.500. The summed E-state index contributed by atoms with van der Waals surface area (Å²) in [5.74, 6) is 0.499. The summed E-state index contributed by atoms with van der Waals surface area (Å²) in [5, 5.41) is 12.2. The molecule has 0 aliphatic carbocycles. The normalized spacial score (nSPS) is 11.8. The van der Waals surface area contributed by atoms with E-state index >= 15 is 0 Å². The average Bonchev–Trinajstić information content (AvgIpc) is 2.47. The summed E-state index contributed by atoms with van der Waals surface area (Å²) < 4.78 is 15.0. The maximum absolute atomic E-state index is 12.1. The van der Waals surface area contributed by atoms with Gasteiger partial charge in [-0.2, -0.15) is 0 Å². The Kier molecular flexibility index (Phi) is 6.77. The fourth-order valence-electron chi connectivity index (χ4n) is 1.80. The van der Waals surface area contributed by atoms with Gasteiger partial charge in [0.2, 0.25) is 0 Å². The van der Waals surface area contributed by atoms with E-state index in [2.05, 4.69) is 5.32 Å². The lowest BCUT2D eigenvalue weighted by Gasteiger charge is -2.14. The first kappa shape index (κ1) is 17.1. The van der Waals surface area contributed by atoms with Gasteiger partial charge in [0.05, 0.1) is 38.2 Å². The minimum Gasteiger partial charge on any atom is -0.497 e. The van der Waals surface area contributed by atoms with Crippen molar-refractivity contribution in [1.82, 2.24) is 5.32 Å². The van der Waals surface area contributed by atoms with Gasteiger partial charge < -0.3 is 30.4 Å². The third-order valence-electron chi connectivity index (χ3n) is 2.94. The molecule has 21 heavy (non-hydrogen) atoms. The maximum atomic E-state index is 12.1. The lowest BCUT2D eigenvalue weighted by Crippen LogP contribution is -2.29. The Morgan fingerprint density at radius 3 is 2.62 bits per heavy atom. The molecule has 0 radical (unpaired) electrons. The lowest BCUT2D eigenvalue weighted by molar-refractivity contribution is 0.0587. The molecular formula is C14H22N2O5. The number of hydrogen-bond donors (Lipinski definition) is 3. The third-order valence-corrected chi connectivity index (χ3v) is 2.94. The number of hydrogen-bond acceptors (Lipinski definition) is 6. The van der Waals surface area contributed by atoms with Crippen LogP contribution in [0.25, 0.3) is 0 Å². The number of ether oxygens (including phenoxy) is 3. The summed E-state index contributed by atoms with van der Waals surface area (Å²) in [6, 6.07) is 3.15. The molecule has 1 aromatic rings. The highest BCUT2D eigenvalue weighted by Crippen LogP contribution is 2.30. The molecule has 118 valence electrons. The van der Waals surface area contributed by atoms with Gasteiger partial charge in [0, 0.05) is 19.7 Å². The Hall–Kier alpha value is -1.99. The molecule has 0 aromatic heterocycles. The van der Waals surface area contributed by atoms with Crippen LogP contribution < -0.4 is 20.5 Å². The molecule has 1 unspecified atom stereocenters. The molecule has 0 fully saturated rings. The molecule has 7 heteroatoms. The molecule has 0 saturated heterocycles. The van der Waals surface area contributed by atoms with Crippen LogP contribution in [-0.4, -0.2) is 51.6 Å². The van der Waals surface area contributed by atoms with Crippen molar-refractivity contribution in [2.75, 3.05) is 40.2 Å². The van der Waals surface area contributed by atoms with Gasteiger partial charge in [-0.1, -0.05) is 0 Å². The van der Waals surface area contributed by atoms with Crippen LogP contribution >= 0.6 is 0 Å². The van der Waals surface area contributed by atoms with Crippen molar-refractivity contribution in [2.24, 2.45) is 0 Å². The number of nitrogen functional groups attached to an aromatic ring is 1. The zero-order valence-electron chi connectivity index (χ0n) is 12.5. The predicted molar refractivity (Wildman–Crippen MR) is 78.8 cm³/mol. The second-order valence-corrected chi connectivity index (χ2v) is 4.44. The van der Waals surface area contributed by atoms with Crippen molar-refractivity contribution in [3.63, 3.8) is 0 Å². The van der Waals surface area contributed by atoms with E-state index in [9.17, 15) is 9.90 Å². The van der Waals surface area contributed by atoms with E-state index in [1.54, 1.807) is 12.1 Å². The van der Waals surface area contributed by atoms with Crippen LogP contribution in [-0.2, 0) is 4.74 Å². The molecule has 4 N–H and O–H groups in total. The number of amides is 1. The lowest BCUT2D eigenvalue weighted by atomic mass is 10.1. The molecule has 0 saturated carbocycles. The van der Waals surface area contributed by atoms with E-state index in [0.29, 0.717) is 24.5 Å². The number of rotatable bonds is 8. The Morgan fingerprint density at radius 1 is 1.33 bits per heavy atom. The number of nitrogens with two attached hydrogens (primary N) is 1. The van der Waals surface area contributed by atoms with E-state index in [1.165, 1.54) is 21.3 Å². The SMILES string of the molecule is COCC(O)CCNC(=O)c1cc(OC)cc(OC)c1N. The summed E-state index contributed by atoms with van der Waals surface area (Å²) in [7, 11) is 4.46. The zero-order valence-corrected chi connectivity index (χ0v) is 12.5. The molecule has 0 heterocycles. The molecule has 1 atom stereocenters. The van der Waals surface area contributed by atoms with Gasteiger partial charge in [-0.15, -0.1) is 0 Å². The number of aliphatic hydroxyl groups is 1. The standard InChI is InChI=1S/C14H22N2O5/c1-19-8-9(17)4-5-16-14(18)11-6-10(20-2)7-12(21-3)13(11)15/h6-7,9,17H,4-5,8,15H2,1-3H3,(H,16,18). The van der Waals surface area contributed by atoms with Crippen LogP contribution in [0.2, 0.25) is 0 Å². The smallest absolute Gasteiger partial charge is 0.253 e. The molecule has 7 nitrogen and oxygen atoms in total. The Morgan fingerprint density at radius 2 is 2.05 bits per heavy atom. The summed E-state index contributed by atoms with van der Waals surface area (Å²) in [4.78, 5) is 12.1. The van der Waals surface area contributed by atoms with Crippen molar-refractivity contribution < 1.29 is 24.1 Å². The van der Waals surface area contributed by atoms with E-state index in [1.807, 2.05) is 0 Å². The fourth-order valence-corrected chi connectivity index (χ4v) is 1.80. The molecular weight excluding hydrogens is 276 g/mol. The summed E-state index contributed by atoms with van der Waals surface area (Å²) >= 11 is 0. The number of nitrogens with one attached hydrogen (secondary N) is 1. The van der Waals surface area contributed by atoms with Crippen LogP contribution in [0.3, 0.4) is 0 Å². The van der Waals surface area contributed by atoms with Crippen molar-refractivity contribution in [3.05, 3.63) is 17.7 Å². The molecule has 1 rings (SSSR count). The quantitative estimate of drug-likeness (QED) is 0.601. The van der Waals surface area contributed by atoms with Crippen molar-refractivity contribution in [2.45, 2.75) is 12.5 Å². The second-order valence-electron chi connectivity index (χ2n) is 4.44. The first-order chi connectivity index (χ1) is 10.0. The number of aliphatic hydroxyl groups excluding tert-OH is 1. The molecule has 0 spiro atoms.